The van der Waals surface area contributed by atoms with Crippen LogP contribution in [-0.2, 0) is 23.4 Å². The summed E-state index contributed by atoms with van der Waals surface area (Å²) in [6.45, 7) is 10.2. The van der Waals surface area contributed by atoms with Crippen LogP contribution in [0.5, 0.6) is 0 Å². The Labute approximate surface area is 240 Å². The molecule has 0 bridgehead atoms. The molecule has 2 saturated carbocycles. The largest absolute Gasteiger partial charge is 0.462 e. The van der Waals surface area contributed by atoms with E-state index in [0.29, 0.717) is 17.8 Å². The van der Waals surface area contributed by atoms with Crippen molar-refractivity contribution < 1.29 is 23.4 Å². The van der Waals surface area contributed by atoms with E-state index in [4.69, 9.17) is 14.0 Å². The molecule has 7 nitrogen and oxygen atoms in total. The number of hydrogen-bond donors (Lipinski definition) is 1. The molecular formula is C32H47N2O5P. The fourth-order valence-corrected chi connectivity index (χ4v) is 10.3. The van der Waals surface area contributed by atoms with Gasteiger partial charge in [0.25, 0.3) is 7.52 Å². The van der Waals surface area contributed by atoms with Crippen molar-refractivity contribution in [2.24, 2.45) is 28.6 Å². The van der Waals surface area contributed by atoms with Crippen molar-refractivity contribution in [1.29, 1.82) is 0 Å². The van der Waals surface area contributed by atoms with E-state index in [-0.39, 0.29) is 29.4 Å². The van der Waals surface area contributed by atoms with Gasteiger partial charge in [-0.2, -0.15) is 0 Å². The van der Waals surface area contributed by atoms with Crippen molar-refractivity contribution in [3.05, 3.63) is 47.8 Å². The van der Waals surface area contributed by atoms with Gasteiger partial charge in [0.2, 0.25) is 0 Å². The lowest BCUT2D eigenvalue weighted by atomic mass is 9.47. The normalized spacial score (nSPS) is 35.5. The van der Waals surface area contributed by atoms with Gasteiger partial charge in [0, 0.05) is 19.5 Å². The molecule has 0 saturated heterocycles. The van der Waals surface area contributed by atoms with Crippen LogP contribution < -0.4 is 5.09 Å². The lowest BCUT2D eigenvalue weighted by Gasteiger charge is -2.58. The minimum atomic E-state index is -3.41. The molecule has 0 aliphatic heterocycles. The van der Waals surface area contributed by atoms with Gasteiger partial charge in [-0.25, -0.2) is 5.09 Å². The number of carbonyl (C=O) groups is 1. The van der Waals surface area contributed by atoms with Crippen molar-refractivity contribution in [3.8, 4) is 0 Å². The Hall–Kier alpha value is -1.79. The average molecular weight is 571 g/mol. The summed E-state index contributed by atoms with van der Waals surface area (Å²) in [7, 11) is -1.91. The Bertz CT molecular complexity index is 1200. The Morgan fingerprint density at radius 2 is 1.90 bits per heavy atom. The lowest BCUT2D eigenvalue weighted by Crippen LogP contribution is -2.50. The zero-order chi connectivity index (χ0) is 28.7. The zero-order valence-electron chi connectivity index (χ0n) is 25.0. The number of pyridine rings is 1. The van der Waals surface area contributed by atoms with Gasteiger partial charge in [-0.1, -0.05) is 37.6 Å². The van der Waals surface area contributed by atoms with E-state index in [1.807, 2.05) is 12.4 Å². The van der Waals surface area contributed by atoms with Crippen LogP contribution in [0.15, 0.2) is 42.3 Å². The molecule has 0 amide bonds. The third-order valence-corrected chi connectivity index (χ3v) is 12.3. The van der Waals surface area contributed by atoms with E-state index in [1.54, 1.807) is 20.8 Å². The van der Waals surface area contributed by atoms with Gasteiger partial charge in [-0.3, -0.25) is 14.3 Å². The van der Waals surface area contributed by atoms with Crippen LogP contribution in [0.2, 0.25) is 0 Å². The molecule has 40 heavy (non-hydrogen) atoms. The molecule has 220 valence electrons. The molecule has 8 atom stereocenters. The summed E-state index contributed by atoms with van der Waals surface area (Å²) in [4.78, 5) is 16.8. The topological polar surface area (TPSA) is 86.8 Å². The number of hydrogen-bond acceptors (Lipinski definition) is 6. The van der Waals surface area contributed by atoms with Crippen LogP contribution in [0, 0.1) is 28.6 Å². The number of ether oxygens (including phenoxy) is 2. The predicted octanol–water partition coefficient (Wildman–Crippen LogP) is 7.15. The first kappa shape index (κ1) is 29.7. The molecule has 4 aliphatic rings. The van der Waals surface area contributed by atoms with E-state index in [1.165, 1.54) is 36.7 Å². The second-order valence-electron chi connectivity index (χ2n) is 13.2. The third kappa shape index (κ3) is 5.52. The molecular weight excluding hydrogens is 523 g/mol. The fraction of sp³-hybridized carbons (Fsp3) is 0.688. The quantitative estimate of drug-likeness (QED) is 0.192. The monoisotopic (exact) mass is 570 g/mol. The van der Waals surface area contributed by atoms with Crippen LogP contribution in [0.3, 0.4) is 0 Å². The van der Waals surface area contributed by atoms with E-state index >= 15 is 0 Å². The molecule has 1 aromatic heterocycles. The average Bonchev–Trinajstić information content (AvgIpc) is 3.26. The molecule has 8 heteroatoms. The van der Waals surface area contributed by atoms with Gasteiger partial charge < -0.3 is 14.0 Å². The summed E-state index contributed by atoms with van der Waals surface area (Å²) >= 11 is 0. The number of allylic oxidation sites excluding steroid dienone is 3. The maximum Gasteiger partial charge on any atom is 0.323 e. The molecule has 2 fully saturated rings. The molecule has 0 aromatic carbocycles. The van der Waals surface area contributed by atoms with Gasteiger partial charge in [-0.05, 0) is 112 Å². The van der Waals surface area contributed by atoms with Crippen molar-refractivity contribution >= 4 is 19.1 Å². The first-order valence-corrected chi connectivity index (χ1v) is 16.9. The smallest absolute Gasteiger partial charge is 0.323 e. The number of methoxy groups -OCH3 is 1. The number of rotatable bonds is 9. The molecule has 3 unspecified atom stereocenters. The highest BCUT2D eigenvalue weighted by Crippen LogP contribution is 2.66. The maximum absolute atomic E-state index is 13.8. The standard InChI is InChI=1S/C32H47N2O5P/c1-21(2)38-30(35)22(3)34-40(36,20-37-6)39-25-13-15-31(4)24(18-25)9-10-26-28-12-11-27(23-8-7-17-33-19-23)32(28,5)16-14-29(26)31/h7-9,11,17,19,21-22,25-26,28-29H,10,12-16,18,20H2,1-6H3,(H,34,36)/t22-,25-,26-,28?,29?,31-,32+,40?/m0/s1. The highest BCUT2D eigenvalue weighted by Gasteiger charge is 2.57. The Kier molecular flexibility index (Phi) is 8.52. The first-order chi connectivity index (χ1) is 19.0. The molecule has 0 spiro atoms. The second-order valence-corrected chi connectivity index (χ2v) is 15.3. The minimum Gasteiger partial charge on any atom is -0.462 e. The summed E-state index contributed by atoms with van der Waals surface area (Å²) in [5, 5.41) is 2.92. The van der Waals surface area contributed by atoms with Gasteiger partial charge >= 0.3 is 5.97 Å². The van der Waals surface area contributed by atoms with Crippen molar-refractivity contribution in [1.82, 2.24) is 10.1 Å². The van der Waals surface area contributed by atoms with Crippen molar-refractivity contribution in [2.45, 2.75) is 97.8 Å². The van der Waals surface area contributed by atoms with Crippen molar-refractivity contribution in [2.75, 3.05) is 13.5 Å². The Balaban J connectivity index is 1.28. The van der Waals surface area contributed by atoms with E-state index < -0.39 is 19.5 Å². The van der Waals surface area contributed by atoms with Crippen LogP contribution in [0.4, 0.5) is 0 Å². The van der Waals surface area contributed by atoms with Gasteiger partial charge in [-0.15, -0.1) is 0 Å². The summed E-state index contributed by atoms with van der Waals surface area (Å²) in [6.07, 6.45) is 15.7. The van der Waals surface area contributed by atoms with Crippen LogP contribution in [-0.4, -0.2) is 42.7 Å². The second kappa shape index (κ2) is 11.5. The minimum absolute atomic E-state index is 0.0870. The Morgan fingerprint density at radius 3 is 2.60 bits per heavy atom. The summed E-state index contributed by atoms with van der Waals surface area (Å²) in [5.74, 6) is 1.54. The molecule has 1 N–H and O–H groups in total. The fourth-order valence-electron chi connectivity index (χ4n) is 8.45. The van der Waals surface area contributed by atoms with Crippen LogP contribution in [0.1, 0.15) is 85.1 Å². The number of fused-ring (bicyclic) bond motifs is 5. The van der Waals surface area contributed by atoms with E-state index in [0.717, 1.165) is 32.1 Å². The SMILES string of the molecule is COCP(=O)(N[C@@H](C)C(=O)OC(C)C)O[C@H]1CC[C@@]2(C)C(=CC[C@@H]3C2CC[C@]2(C)C(c4cccnc4)=CCC32)C1. The predicted molar refractivity (Wildman–Crippen MR) is 157 cm³/mol. The van der Waals surface area contributed by atoms with Gasteiger partial charge in [0.15, 0.2) is 0 Å². The molecule has 1 heterocycles. The highest BCUT2D eigenvalue weighted by atomic mass is 31.2. The molecule has 4 aliphatic carbocycles. The number of nitrogens with one attached hydrogen (secondary N) is 1. The lowest BCUT2D eigenvalue weighted by molar-refractivity contribution is -0.149. The third-order valence-electron chi connectivity index (χ3n) is 10.3. The summed E-state index contributed by atoms with van der Waals surface area (Å²) in [6, 6.07) is 3.51. The molecule has 1 aromatic rings. The first-order valence-electron chi connectivity index (χ1n) is 15.0. The van der Waals surface area contributed by atoms with E-state index in [2.05, 4.69) is 48.2 Å². The molecule has 5 rings (SSSR count). The Morgan fingerprint density at radius 1 is 1.12 bits per heavy atom. The van der Waals surface area contributed by atoms with E-state index in [9.17, 15) is 9.36 Å². The summed E-state index contributed by atoms with van der Waals surface area (Å²) < 4.78 is 30.6. The molecule has 0 radical (unpaired) electrons. The summed E-state index contributed by atoms with van der Waals surface area (Å²) in [5.41, 5.74) is 4.59. The maximum atomic E-state index is 13.8. The number of nitrogens with zero attached hydrogens (tertiary/aromatic N) is 1. The number of carbonyl (C=O) groups excluding carboxylic acids is 1. The number of esters is 1. The van der Waals surface area contributed by atoms with Crippen molar-refractivity contribution in [3.63, 3.8) is 0 Å². The van der Waals surface area contributed by atoms with Gasteiger partial charge in [0.1, 0.15) is 12.4 Å². The zero-order valence-corrected chi connectivity index (χ0v) is 25.9. The highest BCUT2D eigenvalue weighted by molar-refractivity contribution is 7.56. The van der Waals surface area contributed by atoms with Gasteiger partial charge in [0.05, 0.1) is 12.2 Å². The van der Waals surface area contributed by atoms with Crippen LogP contribution in [0.25, 0.3) is 5.57 Å². The van der Waals surface area contributed by atoms with Crippen LogP contribution >= 0.6 is 7.52 Å². The number of aromatic nitrogens is 1.